The van der Waals surface area contributed by atoms with Crippen molar-refractivity contribution in [2.24, 2.45) is 5.92 Å². The van der Waals surface area contributed by atoms with Gasteiger partial charge in [-0.05, 0) is 48.3 Å². The first-order valence-electron chi connectivity index (χ1n) is 7.87. The van der Waals surface area contributed by atoms with Crippen molar-refractivity contribution in [1.82, 2.24) is 0 Å². The summed E-state index contributed by atoms with van der Waals surface area (Å²) in [5, 5.41) is 0. The molecule has 118 valence electrons. The van der Waals surface area contributed by atoms with Crippen molar-refractivity contribution in [3.8, 4) is 0 Å². The van der Waals surface area contributed by atoms with Gasteiger partial charge in [0.15, 0.2) is 0 Å². The molecule has 0 spiro atoms. The standard InChI is InChI=1S/C19H24O3/c1-13-7-6-9-16-17(13)11-14(2)18(16)12-15(20)8-4-5-10-19(21)22-3/h5-7,9-10,14,18H,4,8,11-12H2,1-3H3/b10-5+. The van der Waals surface area contributed by atoms with Crippen LogP contribution in [0.25, 0.3) is 0 Å². The van der Waals surface area contributed by atoms with E-state index in [-0.39, 0.29) is 11.8 Å². The zero-order chi connectivity index (χ0) is 16.1. The van der Waals surface area contributed by atoms with E-state index in [2.05, 4.69) is 36.8 Å². The summed E-state index contributed by atoms with van der Waals surface area (Å²) < 4.78 is 4.52. The molecule has 0 aliphatic heterocycles. The Kier molecular flexibility index (Phi) is 5.53. The molecule has 3 nitrogen and oxygen atoms in total. The molecule has 0 N–H and O–H groups in total. The van der Waals surface area contributed by atoms with Crippen molar-refractivity contribution in [3.05, 3.63) is 47.0 Å². The average Bonchev–Trinajstić information content (AvgIpc) is 2.81. The molecular weight excluding hydrogens is 276 g/mol. The van der Waals surface area contributed by atoms with Gasteiger partial charge in [-0.3, -0.25) is 4.79 Å². The Morgan fingerprint density at radius 1 is 1.36 bits per heavy atom. The molecule has 2 unspecified atom stereocenters. The molecule has 1 aromatic carbocycles. The first-order valence-corrected chi connectivity index (χ1v) is 7.87. The number of methoxy groups -OCH3 is 1. The van der Waals surface area contributed by atoms with Crippen molar-refractivity contribution < 1.29 is 14.3 Å². The summed E-state index contributed by atoms with van der Waals surface area (Å²) in [5.41, 5.74) is 4.12. The minimum absolute atomic E-state index is 0.265. The minimum Gasteiger partial charge on any atom is -0.466 e. The Bertz CT molecular complexity index is 586. The number of fused-ring (bicyclic) bond motifs is 1. The molecule has 0 radical (unpaired) electrons. The number of carbonyl (C=O) groups excluding carboxylic acids is 2. The molecule has 0 fully saturated rings. The lowest BCUT2D eigenvalue weighted by Gasteiger charge is -2.15. The number of rotatable bonds is 6. The van der Waals surface area contributed by atoms with E-state index >= 15 is 0 Å². The van der Waals surface area contributed by atoms with E-state index in [1.807, 2.05) is 0 Å². The number of benzene rings is 1. The molecule has 0 bridgehead atoms. The van der Waals surface area contributed by atoms with Gasteiger partial charge in [-0.15, -0.1) is 0 Å². The van der Waals surface area contributed by atoms with Gasteiger partial charge in [0.25, 0.3) is 0 Å². The summed E-state index contributed by atoms with van der Waals surface area (Å²) in [6.07, 6.45) is 5.84. The summed E-state index contributed by atoms with van der Waals surface area (Å²) in [6, 6.07) is 6.40. The van der Waals surface area contributed by atoms with Crippen LogP contribution in [-0.2, 0) is 20.7 Å². The van der Waals surface area contributed by atoms with Crippen molar-refractivity contribution in [2.45, 2.75) is 45.4 Å². The van der Waals surface area contributed by atoms with E-state index in [0.29, 0.717) is 31.1 Å². The Balaban J connectivity index is 1.91. The quantitative estimate of drug-likeness (QED) is 0.594. The van der Waals surface area contributed by atoms with Gasteiger partial charge >= 0.3 is 5.97 Å². The van der Waals surface area contributed by atoms with Crippen LogP contribution in [0.1, 0.15) is 48.8 Å². The van der Waals surface area contributed by atoms with Crippen LogP contribution in [0.2, 0.25) is 0 Å². The number of hydrogen-bond donors (Lipinski definition) is 0. The predicted molar refractivity (Wildman–Crippen MR) is 86.8 cm³/mol. The molecule has 1 aromatic rings. The van der Waals surface area contributed by atoms with Gasteiger partial charge in [0.05, 0.1) is 7.11 Å². The van der Waals surface area contributed by atoms with Crippen LogP contribution >= 0.6 is 0 Å². The van der Waals surface area contributed by atoms with Crippen molar-refractivity contribution in [2.75, 3.05) is 7.11 Å². The molecule has 0 heterocycles. The second kappa shape index (κ2) is 7.39. The van der Waals surface area contributed by atoms with Gasteiger partial charge in [-0.25, -0.2) is 4.79 Å². The van der Waals surface area contributed by atoms with Crippen LogP contribution in [0.15, 0.2) is 30.4 Å². The first-order chi connectivity index (χ1) is 10.5. The van der Waals surface area contributed by atoms with E-state index in [4.69, 9.17) is 0 Å². The van der Waals surface area contributed by atoms with Crippen molar-refractivity contribution in [1.29, 1.82) is 0 Å². The maximum atomic E-state index is 12.2. The third-order valence-corrected chi connectivity index (χ3v) is 4.55. The highest BCUT2D eigenvalue weighted by Gasteiger charge is 2.31. The predicted octanol–water partition coefficient (Wildman–Crippen LogP) is 3.74. The number of allylic oxidation sites excluding steroid dienone is 1. The number of hydrogen-bond acceptors (Lipinski definition) is 3. The summed E-state index contributed by atoms with van der Waals surface area (Å²) in [6.45, 7) is 4.38. The third kappa shape index (κ3) is 3.85. The zero-order valence-corrected chi connectivity index (χ0v) is 13.6. The molecule has 1 aliphatic carbocycles. The number of carbonyl (C=O) groups is 2. The molecule has 3 heteroatoms. The lowest BCUT2D eigenvalue weighted by atomic mass is 9.88. The second-order valence-corrected chi connectivity index (χ2v) is 6.14. The smallest absolute Gasteiger partial charge is 0.330 e. The van der Waals surface area contributed by atoms with Crippen LogP contribution in [0.5, 0.6) is 0 Å². The van der Waals surface area contributed by atoms with Crippen LogP contribution < -0.4 is 0 Å². The first kappa shape index (κ1) is 16.5. The molecule has 0 saturated heterocycles. The zero-order valence-electron chi connectivity index (χ0n) is 13.6. The number of esters is 1. The van der Waals surface area contributed by atoms with Gasteiger partial charge in [-0.2, -0.15) is 0 Å². The molecule has 1 aliphatic rings. The van der Waals surface area contributed by atoms with Crippen LogP contribution in [-0.4, -0.2) is 18.9 Å². The topological polar surface area (TPSA) is 43.4 Å². The average molecular weight is 300 g/mol. The maximum absolute atomic E-state index is 12.2. The summed E-state index contributed by atoms with van der Waals surface area (Å²) in [4.78, 5) is 23.2. The summed E-state index contributed by atoms with van der Waals surface area (Å²) >= 11 is 0. The Morgan fingerprint density at radius 2 is 2.14 bits per heavy atom. The van der Waals surface area contributed by atoms with E-state index in [9.17, 15) is 9.59 Å². The van der Waals surface area contributed by atoms with Gasteiger partial charge in [0, 0.05) is 18.9 Å². The molecule has 0 aromatic heterocycles. The maximum Gasteiger partial charge on any atom is 0.330 e. The highest BCUT2D eigenvalue weighted by atomic mass is 16.5. The Labute approximate surface area is 132 Å². The Morgan fingerprint density at radius 3 is 2.86 bits per heavy atom. The molecule has 0 amide bonds. The highest BCUT2D eigenvalue weighted by molar-refractivity contribution is 5.82. The fourth-order valence-corrected chi connectivity index (χ4v) is 3.27. The number of Topliss-reactive ketones (excluding diaryl/α,β-unsaturated/α-hetero) is 1. The number of aryl methyl sites for hydroxylation is 1. The third-order valence-electron chi connectivity index (χ3n) is 4.55. The van der Waals surface area contributed by atoms with E-state index < -0.39 is 0 Å². The lowest BCUT2D eigenvalue weighted by molar-refractivity contribution is -0.134. The highest BCUT2D eigenvalue weighted by Crippen LogP contribution is 2.41. The van der Waals surface area contributed by atoms with Gasteiger partial charge in [0.1, 0.15) is 5.78 Å². The number of ketones is 1. The normalized spacial score (nSPS) is 20.1. The molecule has 2 rings (SSSR count). The Hall–Kier alpha value is -1.90. The van der Waals surface area contributed by atoms with E-state index in [1.54, 1.807) is 6.08 Å². The summed E-state index contributed by atoms with van der Waals surface area (Å²) in [7, 11) is 1.35. The van der Waals surface area contributed by atoms with Crippen molar-refractivity contribution in [3.63, 3.8) is 0 Å². The van der Waals surface area contributed by atoms with E-state index in [0.717, 1.165) is 6.42 Å². The van der Waals surface area contributed by atoms with Crippen LogP contribution in [0, 0.1) is 12.8 Å². The van der Waals surface area contributed by atoms with E-state index in [1.165, 1.54) is 29.9 Å². The fraction of sp³-hybridized carbons (Fsp3) is 0.474. The van der Waals surface area contributed by atoms with Gasteiger partial charge in [-0.1, -0.05) is 31.2 Å². The monoisotopic (exact) mass is 300 g/mol. The molecule has 22 heavy (non-hydrogen) atoms. The molecular formula is C19H24O3. The molecule has 0 saturated carbocycles. The van der Waals surface area contributed by atoms with Gasteiger partial charge in [0.2, 0.25) is 0 Å². The largest absolute Gasteiger partial charge is 0.466 e. The van der Waals surface area contributed by atoms with Crippen molar-refractivity contribution >= 4 is 11.8 Å². The second-order valence-electron chi connectivity index (χ2n) is 6.14. The minimum atomic E-state index is -0.374. The fourth-order valence-electron chi connectivity index (χ4n) is 3.27. The molecule has 2 atom stereocenters. The van der Waals surface area contributed by atoms with Gasteiger partial charge < -0.3 is 4.74 Å². The lowest BCUT2D eigenvalue weighted by Crippen LogP contribution is -2.10. The summed E-state index contributed by atoms with van der Waals surface area (Å²) in [5.74, 6) is 0.750. The number of ether oxygens (including phenoxy) is 1. The van der Waals surface area contributed by atoms with Crippen LogP contribution in [0.4, 0.5) is 0 Å². The van der Waals surface area contributed by atoms with Crippen LogP contribution in [0.3, 0.4) is 0 Å². The SMILES string of the molecule is COC(=O)/C=C/CCC(=O)CC1c2cccc(C)c2CC1C.